The molecule has 1 aromatic rings. The molecule has 1 rings (SSSR count). The first-order chi connectivity index (χ1) is 27.0. The highest BCUT2D eigenvalue weighted by molar-refractivity contribution is 5.97. The van der Waals surface area contributed by atoms with E-state index in [1.165, 1.54) is 6.92 Å². The van der Waals surface area contributed by atoms with Gasteiger partial charge in [-0.05, 0) is 55.4 Å². The SMILES string of the molecule is CC(C)CC(N)C(=O)NC(Cc1ccccc1)C(=O)NC(CO)C(=O)NC(CC(C)C)C(=O)NC(C(=O)NC(CC(C)C)C(=O)NC(C)C(=O)NCC(=O)O)C(C)C. The molecule has 0 saturated carbocycles. The molecule has 0 aliphatic carbocycles. The molecular formula is C40H66N8O10. The maximum Gasteiger partial charge on any atom is 0.322 e. The van der Waals surface area contributed by atoms with Crippen molar-refractivity contribution in [2.75, 3.05) is 13.2 Å². The molecule has 0 bridgehead atoms. The molecule has 0 heterocycles. The molecule has 18 heteroatoms. The molecule has 7 amide bonds. The van der Waals surface area contributed by atoms with Gasteiger partial charge in [0.25, 0.3) is 0 Å². The second-order valence-corrected chi connectivity index (χ2v) is 16.2. The smallest absolute Gasteiger partial charge is 0.322 e. The van der Waals surface area contributed by atoms with Crippen molar-refractivity contribution in [1.82, 2.24) is 37.2 Å². The number of amides is 7. The number of benzene rings is 1. The molecule has 18 nitrogen and oxygen atoms in total. The lowest BCUT2D eigenvalue weighted by molar-refractivity contribution is -0.138. The molecule has 7 unspecified atom stereocenters. The van der Waals surface area contributed by atoms with Gasteiger partial charge < -0.3 is 53.2 Å². The predicted octanol–water partition coefficient (Wildman–Crippen LogP) is -0.527. The maximum absolute atomic E-state index is 13.8. The summed E-state index contributed by atoms with van der Waals surface area (Å²) in [4.78, 5) is 104. The van der Waals surface area contributed by atoms with Crippen LogP contribution < -0.4 is 43.0 Å². The minimum absolute atomic E-state index is 0.0600. The summed E-state index contributed by atoms with van der Waals surface area (Å²) in [6.07, 6.45) is 0.707. The highest BCUT2D eigenvalue weighted by Crippen LogP contribution is 2.12. The van der Waals surface area contributed by atoms with Gasteiger partial charge in [0.05, 0.1) is 12.6 Å². The minimum Gasteiger partial charge on any atom is -0.480 e. The van der Waals surface area contributed by atoms with E-state index in [0.29, 0.717) is 12.0 Å². The van der Waals surface area contributed by atoms with E-state index >= 15 is 0 Å². The standard InChI is InChI=1S/C40H66N8O10/c1-21(2)15-27(41)35(53)44-30(18-26-13-11-10-12-14-26)37(55)47-31(20-49)39(57)45-29(17-23(5)6)38(56)48-33(24(7)8)40(58)46-28(16-22(3)4)36(54)43-25(9)34(52)42-19-32(50)51/h10-14,21-25,27-31,33,49H,15-20,41H2,1-9H3,(H,42,52)(H,43,54)(H,44,53)(H,45,57)(H,46,58)(H,47,55)(H,48,56)(H,50,51). The van der Waals surface area contributed by atoms with Gasteiger partial charge in [-0.1, -0.05) is 85.7 Å². The van der Waals surface area contributed by atoms with Gasteiger partial charge in [-0.3, -0.25) is 38.4 Å². The third-order valence-corrected chi connectivity index (χ3v) is 8.89. The van der Waals surface area contributed by atoms with Crippen LogP contribution in [-0.4, -0.2) is 113 Å². The van der Waals surface area contributed by atoms with E-state index in [1.807, 2.05) is 41.5 Å². The van der Waals surface area contributed by atoms with Crippen LogP contribution >= 0.6 is 0 Å². The van der Waals surface area contributed by atoms with Gasteiger partial charge in [0.2, 0.25) is 41.4 Å². The number of carboxylic acid groups (broad SMARTS) is 1. The first-order valence-corrected chi connectivity index (χ1v) is 19.8. The fourth-order valence-electron chi connectivity index (χ4n) is 5.84. The van der Waals surface area contributed by atoms with Crippen LogP contribution in [0, 0.1) is 23.7 Å². The summed E-state index contributed by atoms with van der Waals surface area (Å²) in [6.45, 7) is 14.3. The summed E-state index contributed by atoms with van der Waals surface area (Å²) in [6, 6.07) is 0.653. The molecule has 0 spiro atoms. The van der Waals surface area contributed by atoms with Crippen LogP contribution in [0.1, 0.15) is 87.1 Å². The number of rotatable bonds is 25. The molecule has 326 valence electrons. The summed E-state index contributed by atoms with van der Waals surface area (Å²) in [7, 11) is 0. The Morgan fingerprint density at radius 1 is 0.552 bits per heavy atom. The Balaban J connectivity index is 3.20. The van der Waals surface area contributed by atoms with Crippen molar-refractivity contribution in [3.8, 4) is 0 Å². The number of carboxylic acids is 1. The topological polar surface area (TPSA) is 287 Å². The van der Waals surface area contributed by atoms with E-state index < -0.39 is 109 Å². The van der Waals surface area contributed by atoms with Gasteiger partial charge in [0.15, 0.2) is 0 Å². The number of hydrogen-bond acceptors (Lipinski definition) is 10. The van der Waals surface area contributed by atoms with Crippen LogP contribution in [0.25, 0.3) is 0 Å². The summed E-state index contributed by atoms with van der Waals surface area (Å²) in [5.74, 6) is -6.96. The predicted molar refractivity (Wildman–Crippen MR) is 216 cm³/mol. The van der Waals surface area contributed by atoms with Crippen molar-refractivity contribution in [2.45, 2.75) is 130 Å². The first kappa shape index (κ1) is 50.9. The molecule has 0 aromatic heterocycles. The molecule has 0 saturated heterocycles. The Bertz CT molecular complexity index is 1540. The molecule has 0 aliphatic heterocycles. The Hall–Kier alpha value is -5.10. The molecular weight excluding hydrogens is 752 g/mol. The van der Waals surface area contributed by atoms with Crippen molar-refractivity contribution in [2.24, 2.45) is 29.4 Å². The normalized spacial score (nSPS) is 14.9. The van der Waals surface area contributed by atoms with E-state index in [-0.39, 0.29) is 37.0 Å². The molecule has 0 aliphatic rings. The molecule has 0 radical (unpaired) electrons. The number of aliphatic hydroxyl groups is 1. The van der Waals surface area contributed by atoms with E-state index in [1.54, 1.807) is 44.2 Å². The maximum atomic E-state index is 13.8. The van der Waals surface area contributed by atoms with Crippen LogP contribution in [0.2, 0.25) is 0 Å². The van der Waals surface area contributed by atoms with Crippen molar-refractivity contribution in [1.29, 1.82) is 0 Å². The number of carbonyl (C=O) groups excluding carboxylic acids is 7. The first-order valence-electron chi connectivity index (χ1n) is 19.8. The Morgan fingerprint density at radius 2 is 1.00 bits per heavy atom. The van der Waals surface area contributed by atoms with E-state index in [0.717, 1.165) is 0 Å². The van der Waals surface area contributed by atoms with E-state index in [9.17, 15) is 43.5 Å². The molecule has 7 atom stereocenters. The van der Waals surface area contributed by atoms with Crippen molar-refractivity contribution >= 4 is 47.3 Å². The summed E-state index contributed by atoms with van der Waals surface area (Å²) in [5, 5.41) is 36.8. The number of carbonyl (C=O) groups is 8. The monoisotopic (exact) mass is 818 g/mol. The summed E-state index contributed by atoms with van der Waals surface area (Å²) >= 11 is 0. The van der Waals surface area contributed by atoms with Crippen LogP contribution in [0.5, 0.6) is 0 Å². The van der Waals surface area contributed by atoms with Crippen molar-refractivity contribution in [3.63, 3.8) is 0 Å². The van der Waals surface area contributed by atoms with Gasteiger partial charge >= 0.3 is 5.97 Å². The van der Waals surface area contributed by atoms with Crippen LogP contribution in [0.15, 0.2) is 30.3 Å². The average Bonchev–Trinajstić information content (AvgIpc) is 3.13. The van der Waals surface area contributed by atoms with E-state index in [2.05, 4.69) is 37.2 Å². The number of aliphatic carboxylic acids is 1. The Labute approximate surface area is 341 Å². The van der Waals surface area contributed by atoms with Crippen molar-refractivity contribution < 1.29 is 48.6 Å². The van der Waals surface area contributed by atoms with Gasteiger partial charge in [-0.2, -0.15) is 0 Å². The lowest BCUT2D eigenvalue weighted by Gasteiger charge is -2.29. The number of aliphatic hydroxyl groups excluding tert-OH is 1. The lowest BCUT2D eigenvalue weighted by Crippen LogP contribution is -2.61. The molecule has 58 heavy (non-hydrogen) atoms. The Morgan fingerprint density at radius 3 is 1.48 bits per heavy atom. The third-order valence-electron chi connectivity index (χ3n) is 8.89. The van der Waals surface area contributed by atoms with Crippen LogP contribution in [0.3, 0.4) is 0 Å². The number of nitrogens with two attached hydrogens (primary N) is 1. The second-order valence-electron chi connectivity index (χ2n) is 16.2. The van der Waals surface area contributed by atoms with Crippen LogP contribution in [-0.2, 0) is 44.8 Å². The molecule has 1 aromatic carbocycles. The fourth-order valence-corrected chi connectivity index (χ4v) is 5.84. The number of hydrogen-bond donors (Lipinski definition) is 10. The van der Waals surface area contributed by atoms with Gasteiger partial charge in [0.1, 0.15) is 42.8 Å². The minimum atomic E-state index is -1.53. The molecule has 11 N–H and O–H groups in total. The zero-order valence-electron chi connectivity index (χ0n) is 35.2. The highest BCUT2D eigenvalue weighted by atomic mass is 16.4. The summed E-state index contributed by atoms with van der Waals surface area (Å²) in [5.41, 5.74) is 6.79. The Kier molecular flexibility index (Phi) is 22.2. The summed E-state index contributed by atoms with van der Waals surface area (Å²) < 4.78 is 0. The third kappa shape index (κ3) is 18.9. The quantitative estimate of drug-likeness (QED) is 0.0599. The number of nitrogens with one attached hydrogen (secondary N) is 7. The lowest BCUT2D eigenvalue weighted by atomic mass is 9.98. The van der Waals surface area contributed by atoms with Crippen LogP contribution in [0.4, 0.5) is 0 Å². The largest absolute Gasteiger partial charge is 0.480 e. The van der Waals surface area contributed by atoms with E-state index in [4.69, 9.17) is 10.8 Å². The molecule has 0 fully saturated rings. The van der Waals surface area contributed by atoms with Gasteiger partial charge in [0, 0.05) is 6.42 Å². The zero-order valence-corrected chi connectivity index (χ0v) is 35.2. The van der Waals surface area contributed by atoms with Gasteiger partial charge in [-0.25, -0.2) is 0 Å². The highest BCUT2D eigenvalue weighted by Gasteiger charge is 2.35. The second kappa shape index (κ2) is 25.3. The van der Waals surface area contributed by atoms with Gasteiger partial charge in [-0.15, -0.1) is 0 Å². The average molecular weight is 819 g/mol. The fraction of sp³-hybridized carbons (Fsp3) is 0.650. The zero-order chi connectivity index (χ0) is 44.3. The van der Waals surface area contributed by atoms with Crippen molar-refractivity contribution in [3.05, 3.63) is 35.9 Å².